The summed E-state index contributed by atoms with van der Waals surface area (Å²) in [4.78, 5) is 15.1. The fraction of sp³-hybridized carbons (Fsp3) is 0.458. The highest BCUT2D eigenvalue weighted by Gasteiger charge is 2.48. The molecule has 0 amide bonds. The van der Waals surface area contributed by atoms with Gasteiger partial charge in [0.05, 0.1) is 14.2 Å². The van der Waals surface area contributed by atoms with Gasteiger partial charge in [0.1, 0.15) is 5.82 Å². The molecule has 0 saturated carbocycles. The van der Waals surface area contributed by atoms with Crippen molar-refractivity contribution < 1.29 is 23.0 Å². The molecule has 2 aliphatic rings. The average Bonchev–Trinajstić information content (AvgIpc) is 2.98. The van der Waals surface area contributed by atoms with Crippen molar-refractivity contribution in [2.75, 3.05) is 27.3 Å². The molecule has 30 heavy (non-hydrogen) atoms. The lowest BCUT2D eigenvalue weighted by Crippen LogP contribution is -2.38. The molecule has 0 N–H and O–H groups in total. The minimum absolute atomic E-state index is 0.0883. The molecule has 2 aromatic rings. The molecule has 4 nitrogen and oxygen atoms in total. The van der Waals surface area contributed by atoms with Crippen molar-refractivity contribution in [2.45, 2.75) is 37.9 Å². The van der Waals surface area contributed by atoms with E-state index in [0.717, 1.165) is 31.5 Å². The zero-order chi connectivity index (χ0) is 21.3. The molecular formula is C24H27F2NO3. The molecule has 0 radical (unpaired) electrons. The summed E-state index contributed by atoms with van der Waals surface area (Å²) >= 11 is 0. The van der Waals surface area contributed by atoms with Gasteiger partial charge in [-0.05, 0) is 73.7 Å². The summed E-state index contributed by atoms with van der Waals surface area (Å²) in [7, 11) is 3.03. The van der Waals surface area contributed by atoms with Gasteiger partial charge in [0.2, 0.25) is 5.78 Å². The summed E-state index contributed by atoms with van der Waals surface area (Å²) in [6, 6.07) is 9.95. The molecule has 0 unspecified atom stereocenters. The summed E-state index contributed by atoms with van der Waals surface area (Å²) in [5.41, 5.74) is 0.164. The van der Waals surface area contributed by atoms with E-state index in [2.05, 4.69) is 4.90 Å². The predicted molar refractivity (Wildman–Crippen MR) is 110 cm³/mol. The Balaban J connectivity index is 1.38. The fourth-order valence-electron chi connectivity index (χ4n) is 4.77. The van der Waals surface area contributed by atoms with E-state index in [0.29, 0.717) is 29.2 Å². The van der Waals surface area contributed by atoms with Crippen molar-refractivity contribution in [2.24, 2.45) is 5.92 Å². The van der Waals surface area contributed by atoms with Crippen LogP contribution in [0.4, 0.5) is 8.78 Å². The molecule has 1 aliphatic heterocycles. The van der Waals surface area contributed by atoms with E-state index in [9.17, 15) is 9.18 Å². The maximum absolute atomic E-state index is 15.8. The largest absolute Gasteiger partial charge is 0.493 e. The lowest BCUT2D eigenvalue weighted by Gasteiger charge is -2.34. The van der Waals surface area contributed by atoms with Crippen LogP contribution in [0.15, 0.2) is 36.4 Å². The first-order valence-electron chi connectivity index (χ1n) is 10.4. The van der Waals surface area contributed by atoms with Crippen LogP contribution in [0.3, 0.4) is 0 Å². The molecule has 160 valence electrons. The number of nitrogens with zero attached hydrogens (tertiary/aromatic N) is 1. The molecule has 0 spiro atoms. The van der Waals surface area contributed by atoms with E-state index >= 15 is 4.39 Å². The number of ether oxygens (including phenoxy) is 2. The second-order valence-electron chi connectivity index (χ2n) is 8.39. The number of rotatable bonds is 6. The number of hydrogen-bond acceptors (Lipinski definition) is 4. The first-order valence-corrected chi connectivity index (χ1v) is 10.4. The summed E-state index contributed by atoms with van der Waals surface area (Å²) in [5, 5.41) is 0. The number of Topliss-reactive ketones (excluding diaryl/α,β-unsaturated/α-hetero) is 1. The van der Waals surface area contributed by atoms with Crippen LogP contribution in [0, 0.1) is 11.7 Å². The van der Waals surface area contributed by atoms with Gasteiger partial charge < -0.3 is 9.47 Å². The minimum atomic E-state index is -1.87. The molecular weight excluding hydrogens is 388 g/mol. The summed E-state index contributed by atoms with van der Waals surface area (Å²) in [6.45, 7) is 2.33. The molecule has 0 aromatic heterocycles. The molecule has 1 fully saturated rings. The van der Waals surface area contributed by atoms with Gasteiger partial charge in [-0.2, -0.15) is 0 Å². The Morgan fingerprint density at radius 3 is 2.47 bits per heavy atom. The molecule has 2 aromatic carbocycles. The molecule has 1 aliphatic carbocycles. The second kappa shape index (κ2) is 8.34. The maximum atomic E-state index is 15.8. The Bertz CT molecular complexity index is 940. The smallest absolute Gasteiger partial charge is 0.200 e. The number of methoxy groups -OCH3 is 2. The molecule has 1 atom stereocenters. The van der Waals surface area contributed by atoms with E-state index < -0.39 is 11.5 Å². The highest BCUT2D eigenvalue weighted by Crippen LogP contribution is 2.43. The van der Waals surface area contributed by atoms with Gasteiger partial charge in [-0.1, -0.05) is 12.1 Å². The van der Waals surface area contributed by atoms with E-state index in [1.807, 2.05) is 6.07 Å². The third-order valence-electron chi connectivity index (χ3n) is 6.35. The average molecular weight is 415 g/mol. The van der Waals surface area contributed by atoms with Crippen LogP contribution in [-0.4, -0.2) is 43.7 Å². The van der Waals surface area contributed by atoms with Crippen LogP contribution in [0.2, 0.25) is 0 Å². The number of ketones is 1. The van der Waals surface area contributed by atoms with E-state index in [1.54, 1.807) is 24.3 Å². The highest BCUT2D eigenvalue weighted by molar-refractivity contribution is 6.07. The zero-order valence-electron chi connectivity index (χ0n) is 17.4. The normalized spacial score (nSPS) is 22.2. The fourth-order valence-corrected chi connectivity index (χ4v) is 4.77. The molecule has 4 rings (SSSR count). The number of carbonyl (C=O) groups excluding carboxylic acids is 1. The summed E-state index contributed by atoms with van der Waals surface area (Å²) in [5.74, 6) is 0.439. The van der Waals surface area contributed by atoms with Crippen molar-refractivity contribution in [1.82, 2.24) is 4.90 Å². The number of fused-ring (bicyclic) bond motifs is 1. The Labute approximate surface area is 175 Å². The number of piperidine rings is 1. The van der Waals surface area contributed by atoms with E-state index in [4.69, 9.17) is 9.47 Å². The molecule has 0 bridgehead atoms. The summed E-state index contributed by atoms with van der Waals surface area (Å²) < 4.78 is 39.7. The molecule has 1 heterocycles. The molecule has 6 heteroatoms. The number of benzene rings is 2. The van der Waals surface area contributed by atoms with Gasteiger partial charge in [0.25, 0.3) is 0 Å². The first kappa shape index (κ1) is 20.8. The number of alkyl halides is 1. The molecule has 1 saturated heterocycles. The number of carbonyl (C=O) groups is 1. The third kappa shape index (κ3) is 4.06. The van der Waals surface area contributed by atoms with Crippen LogP contribution >= 0.6 is 0 Å². The van der Waals surface area contributed by atoms with Crippen LogP contribution in [0.5, 0.6) is 11.5 Å². The highest BCUT2D eigenvalue weighted by atomic mass is 19.1. The topological polar surface area (TPSA) is 38.8 Å². The van der Waals surface area contributed by atoms with Crippen LogP contribution in [-0.2, 0) is 13.0 Å². The predicted octanol–water partition coefficient (Wildman–Crippen LogP) is 4.59. The van der Waals surface area contributed by atoms with Gasteiger partial charge in [-0.25, -0.2) is 8.78 Å². The van der Waals surface area contributed by atoms with E-state index in [1.165, 1.54) is 20.3 Å². The van der Waals surface area contributed by atoms with Crippen molar-refractivity contribution >= 4 is 5.78 Å². The van der Waals surface area contributed by atoms with Crippen LogP contribution in [0.1, 0.15) is 40.7 Å². The van der Waals surface area contributed by atoms with Crippen molar-refractivity contribution in [1.29, 1.82) is 0 Å². The van der Waals surface area contributed by atoms with Crippen molar-refractivity contribution in [3.05, 3.63) is 58.9 Å². The van der Waals surface area contributed by atoms with Gasteiger partial charge in [0, 0.05) is 18.5 Å². The summed E-state index contributed by atoms with van der Waals surface area (Å²) in [6.07, 6.45) is 1.98. The lowest BCUT2D eigenvalue weighted by molar-refractivity contribution is 0.0587. The standard InChI is InChI=1S/C24H27F2NO3/c1-29-21-11-18-14-24(26,23(28)20(18)12-22(21)30-2)13-16-6-8-27(9-7-16)15-17-4-3-5-19(25)10-17/h3-5,10-12,16H,6-9,13-15H2,1-2H3/t24-/m1/s1. The van der Waals surface area contributed by atoms with Gasteiger partial charge >= 0.3 is 0 Å². The lowest BCUT2D eigenvalue weighted by atomic mass is 9.83. The van der Waals surface area contributed by atoms with Gasteiger partial charge in [-0.15, -0.1) is 0 Å². The van der Waals surface area contributed by atoms with Crippen molar-refractivity contribution in [3.63, 3.8) is 0 Å². The Morgan fingerprint density at radius 1 is 1.10 bits per heavy atom. The number of halogens is 2. The maximum Gasteiger partial charge on any atom is 0.200 e. The van der Waals surface area contributed by atoms with Gasteiger partial charge in [-0.3, -0.25) is 9.69 Å². The van der Waals surface area contributed by atoms with E-state index in [-0.39, 0.29) is 24.6 Å². The minimum Gasteiger partial charge on any atom is -0.493 e. The number of hydrogen-bond donors (Lipinski definition) is 0. The SMILES string of the molecule is COc1cc2c(cc1OC)C(=O)[C@@](F)(CC1CCN(Cc3cccc(F)c3)CC1)C2. The first-order chi connectivity index (χ1) is 14.4. The number of likely N-dealkylation sites (tertiary alicyclic amines) is 1. The Morgan fingerprint density at radius 2 is 1.80 bits per heavy atom. The monoisotopic (exact) mass is 415 g/mol. The van der Waals surface area contributed by atoms with Gasteiger partial charge in [0.15, 0.2) is 17.2 Å². The Kier molecular flexibility index (Phi) is 5.78. The van der Waals surface area contributed by atoms with Crippen molar-refractivity contribution in [3.8, 4) is 11.5 Å². The zero-order valence-corrected chi connectivity index (χ0v) is 17.4. The Hall–Kier alpha value is -2.47. The third-order valence-corrected chi connectivity index (χ3v) is 6.35. The second-order valence-corrected chi connectivity index (χ2v) is 8.39. The van der Waals surface area contributed by atoms with Crippen LogP contribution in [0.25, 0.3) is 0 Å². The van der Waals surface area contributed by atoms with Crippen LogP contribution < -0.4 is 9.47 Å². The quantitative estimate of drug-likeness (QED) is 0.692.